The number of rotatable bonds is 5. The van der Waals surface area contributed by atoms with Crippen LogP contribution >= 0.6 is 0 Å². The van der Waals surface area contributed by atoms with Gasteiger partial charge in [0.25, 0.3) is 5.91 Å². The number of hydrogen-bond donors (Lipinski definition) is 1. The summed E-state index contributed by atoms with van der Waals surface area (Å²) in [7, 11) is 3.21. The first-order valence-corrected chi connectivity index (χ1v) is 11.1. The highest BCUT2D eigenvalue weighted by Crippen LogP contribution is 2.29. The van der Waals surface area contributed by atoms with E-state index in [1.807, 2.05) is 30.0 Å². The molecule has 10 nitrogen and oxygen atoms in total. The summed E-state index contributed by atoms with van der Waals surface area (Å²) in [6.45, 7) is 3.69. The number of halogens is 1. The molecule has 0 spiro atoms. The molecule has 0 radical (unpaired) electrons. The van der Waals surface area contributed by atoms with Crippen molar-refractivity contribution in [3.63, 3.8) is 0 Å². The molecule has 5 rings (SSSR count). The number of hydrogen-bond acceptors (Lipinski definition) is 8. The molecule has 35 heavy (non-hydrogen) atoms. The van der Waals surface area contributed by atoms with Gasteiger partial charge in [-0.3, -0.25) is 9.89 Å². The average Bonchev–Trinajstić information content (AvgIpc) is 3.33. The summed E-state index contributed by atoms with van der Waals surface area (Å²) in [6, 6.07) is 9.68. The second-order valence-corrected chi connectivity index (χ2v) is 8.48. The van der Waals surface area contributed by atoms with E-state index in [0.29, 0.717) is 31.5 Å². The number of nitrogens with zero attached hydrogens (tertiary/aromatic N) is 6. The van der Waals surface area contributed by atoms with Crippen molar-refractivity contribution in [3.05, 3.63) is 54.0 Å². The van der Waals surface area contributed by atoms with Gasteiger partial charge in [-0.1, -0.05) is 0 Å². The highest BCUT2D eigenvalue weighted by Gasteiger charge is 2.24. The zero-order valence-corrected chi connectivity index (χ0v) is 19.5. The van der Waals surface area contributed by atoms with Crippen LogP contribution in [0.3, 0.4) is 0 Å². The van der Waals surface area contributed by atoms with Gasteiger partial charge in [-0.05, 0) is 43.3 Å². The van der Waals surface area contributed by atoms with Gasteiger partial charge in [0.05, 0.1) is 31.0 Å². The number of fused-ring (bicyclic) bond motifs is 1. The Balaban J connectivity index is 1.54. The van der Waals surface area contributed by atoms with Gasteiger partial charge >= 0.3 is 6.01 Å². The Morgan fingerprint density at radius 2 is 2.06 bits per heavy atom. The monoisotopic (exact) mass is 477 g/mol. The predicted molar refractivity (Wildman–Crippen MR) is 127 cm³/mol. The molecule has 1 aliphatic heterocycles. The van der Waals surface area contributed by atoms with Crippen LogP contribution in [0.25, 0.3) is 22.3 Å². The van der Waals surface area contributed by atoms with Gasteiger partial charge in [0, 0.05) is 37.2 Å². The third-order valence-electron chi connectivity index (χ3n) is 5.71. The zero-order valence-electron chi connectivity index (χ0n) is 19.5. The van der Waals surface area contributed by atoms with E-state index < -0.39 is 5.82 Å². The number of anilines is 1. The largest absolute Gasteiger partial charge is 0.421 e. The highest BCUT2D eigenvalue weighted by molar-refractivity contribution is 5.94. The lowest BCUT2D eigenvalue weighted by molar-refractivity contribution is 0.0827. The van der Waals surface area contributed by atoms with Crippen LogP contribution in [-0.4, -0.2) is 75.9 Å². The summed E-state index contributed by atoms with van der Waals surface area (Å²) in [6.07, 6.45) is 1.72. The van der Waals surface area contributed by atoms with Crippen LogP contribution in [0.4, 0.5) is 10.3 Å². The first kappa shape index (κ1) is 22.7. The van der Waals surface area contributed by atoms with Crippen LogP contribution in [0.5, 0.6) is 11.8 Å². The quantitative estimate of drug-likeness (QED) is 0.467. The fraction of sp³-hybridized carbons (Fsp3) is 0.292. The number of nitrogens with one attached hydrogen (secondary N) is 1. The molecular weight excluding hydrogens is 453 g/mol. The van der Waals surface area contributed by atoms with E-state index in [-0.39, 0.29) is 29.3 Å². The van der Waals surface area contributed by atoms with Crippen LogP contribution in [0.1, 0.15) is 17.3 Å². The molecule has 1 atom stereocenters. The Labute approximate surface area is 200 Å². The summed E-state index contributed by atoms with van der Waals surface area (Å²) in [5.41, 5.74) is 1.84. The zero-order chi connectivity index (χ0) is 24.5. The number of carbonyl (C=O) groups is 1. The highest BCUT2D eigenvalue weighted by atomic mass is 19.1. The molecule has 2 aromatic carbocycles. The first-order chi connectivity index (χ1) is 16.9. The normalized spacial score (nSPS) is 15.9. The molecule has 1 saturated heterocycles. The van der Waals surface area contributed by atoms with Crippen LogP contribution in [0, 0.1) is 5.82 Å². The maximum absolute atomic E-state index is 14.8. The van der Waals surface area contributed by atoms with Crippen molar-refractivity contribution in [2.75, 3.05) is 38.8 Å². The molecule has 2 aromatic heterocycles. The van der Waals surface area contributed by atoms with Gasteiger partial charge in [-0.25, -0.2) is 4.39 Å². The lowest BCUT2D eigenvalue weighted by atomic mass is 10.1. The van der Waals surface area contributed by atoms with E-state index in [4.69, 9.17) is 9.47 Å². The average molecular weight is 478 g/mol. The number of carbonyl (C=O) groups excluding carboxylic acids is 1. The van der Waals surface area contributed by atoms with Gasteiger partial charge < -0.3 is 19.3 Å². The molecule has 1 amide bonds. The number of ether oxygens (including phenoxy) is 2. The molecule has 0 saturated carbocycles. The Morgan fingerprint density at radius 1 is 1.20 bits per heavy atom. The summed E-state index contributed by atoms with van der Waals surface area (Å²) in [5.74, 6) is -0.305. The molecule has 4 aromatic rings. The summed E-state index contributed by atoms with van der Waals surface area (Å²) >= 11 is 0. The van der Waals surface area contributed by atoms with Crippen molar-refractivity contribution >= 4 is 22.8 Å². The smallest absolute Gasteiger partial charge is 0.327 e. The van der Waals surface area contributed by atoms with Gasteiger partial charge in [0.15, 0.2) is 17.4 Å². The van der Waals surface area contributed by atoms with E-state index in [1.165, 1.54) is 17.0 Å². The van der Waals surface area contributed by atoms with Crippen LogP contribution in [-0.2, 0) is 4.74 Å². The molecular formula is C24H24FN7O3. The lowest BCUT2D eigenvalue weighted by Gasteiger charge is -2.33. The predicted octanol–water partition coefficient (Wildman–Crippen LogP) is 3.27. The fourth-order valence-electron chi connectivity index (χ4n) is 3.83. The van der Waals surface area contributed by atoms with E-state index in [0.717, 1.165) is 22.5 Å². The molecule has 0 bridgehead atoms. The Hall–Kier alpha value is -4.12. The number of aromatic nitrogens is 5. The minimum absolute atomic E-state index is 0.0382. The Kier molecular flexibility index (Phi) is 6.00. The summed E-state index contributed by atoms with van der Waals surface area (Å²) in [4.78, 5) is 29.2. The Morgan fingerprint density at radius 3 is 2.83 bits per heavy atom. The Bertz CT molecular complexity index is 1390. The van der Waals surface area contributed by atoms with Crippen molar-refractivity contribution < 1.29 is 18.7 Å². The van der Waals surface area contributed by atoms with Gasteiger partial charge in [-0.15, -0.1) is 0 Å². The van der Waals surface area contributed by atoms with Crippen LogP contribution in [0.2, 0.25) is 0 Å². The third-order valence-corrected chi connectivity index (χ3v) is 5.71. The number of morpholine rings is 1. The standard InChI is InChI=1S/C24H24FN7O3/c1-14-13-34-9-8-32(14)23-27-21(15-4-6-19-17(10-15)12-26-30-19)28-24(29-23)35-20-7-5-16(11-18(20)25)22(33)31(2)3/h4-7,10-12,14H,8-9,13H2,1-3H3,(H,26,30)/t14-/m0/s1. The van der Waals surface area contributed by atoms with Gasteiger partial charge in [0.1, 0.15) is 0 Å². The fourth-order valence-corrected chi connectivity index (χ4v) is 3.83. The van der Waals surface area contributed by atoms with E-state index >= 15 is 0 Å². The van der Waals surface area contributed by atoms with Crippen molar-refractivity contribution in [2.24, 2.45) is 0 Å². The number of H-pyrrole nitrogens is 1. The van der Waals surface area contributed by atoms with Crippen molar-refractivity contribution in [1.82, 2.24) is 30.0 Å². The molecule has 11 heteroatoms. The second kappa shape index (κ2) is 9.26. The topological polar surface area (TPSA) is 109 Å². The molecule has 180 valence electrons. The number of amides is 1. The number of aromatic amines is 1. The first-order valence-electron chi connectivity index (χ1n) is 11.1. The minimum Gasteiger partial charge on any atom is -0.421 e. The maximum atomic E-state index is 14.8. The van der Waals surface area contributed by atoms with Gasteiger partial charge in [0.2, 0.25) is 5.95 Å². The minimum atomic E-state index is -0.694. The summed E-state index contributed by atoms with van der Waals surface area (Å²) in [5, 5.41) is 7.88. The molecule has 1 aliphatic rings. The summed E-state index contributed by atoms with van der Waals surface area (Å²) < 4.78 is 26.1. The maximum Gasteiger partial charge on any atom is 0.327 e. The molecule has 1 fully saturated rings. The van der Waals surface area contributed by atoms with E-state index in [9.17, 15) is 9.18 Å². The second-order valence-electron chi connectivity index (χ2n) is 8.48. The molecule has 0 unspecified atom stereocenters. The van der Waals surface area contributed by atoms with Crippen LogP contribution < -0.4 is 9.64 Å². The van der Waals surface area contributed by atoms with E-state index in [2.05, 4.69) is 25.1 Å². The number of benzene rings is 2. The molecule has 0 aliphatic carbocycles. The van der Waals surface area contributed by atoms with Crippen molar-refractivity contribution in [2.45, 2.75) is 13.0 Å². The molecule has 3 heterocycles. The van der Waals surface area contributed by atoms with Crippen molar-refractivity contribution in [1.29, 1.82) is 0 Å². The lowest BCUT2D eigenvalue weighted by Crippen LogP contribution is -2.44. The molecule has 1 N–H and O–H groups in total. The van der Waals surface area contributed by atoms with Gasteiger partial charge in [-0.2, -0.15) is 20.1 Å². The SMILES string of the molecule is C[C@H]1COCCN1c1nc(Oc2ccc(C(=O)N(C)C)cc2F)nc(-c2ccc3[nH]ncc3c2)n1. The third kappa shape index (κ3) is 4.62. The van der Waals surface area contributed by atoms with Crippen LogP contribution in [0.15, 0.2) is 42.6 Å². The van der Waals surface area contributed by atoms with E-state index in [1.54, 1.807) is 20.3 Å². The van der Waals surface area contributed by atoms with Crippen molar-refractivity contribution in [3.8, 4) is 23.1 Å².